The van der Waals surface area contributed by atoms with E-state index >= 15 is 0 Å². The van der Waals surface area contributed by atoms with Gasteiger partial charge in [-0.3, -0.25) is 4.79 Å². The van der Waals surface area contributed by atoms with Gasteiger partial charge in [-0.1, -0.05) is 23.7 Å². The first kappa shape index (κ1) is 15.6. The average molecular weight is 333 g/mol. The van der Waals surface area contributed by atoms with Gasteiger partial charge in [0.15, 0.2) is 0 Å². The lowest BCUT2D eigenvalue weighted by Crippen LogP contribution is -2.28. The van der Waals surface area contributed by atoms with Crippen molar-refractivity contribution in [1.29, 1.82) is 0 Å². The van der Waals surface area contributed by atoms with Crippen LogP contribution in [0, 0.1) is 5.92 Å². The molecule has 0 aliphatic carbocycles. The Balaban J connectivity index is 1.62. The number of carboxylic acids is 1. The van der Waals surface area contributed by atoms with Gasteiger partial charge in [-0.15, -0.1) is 0 Å². The number of nitrogens with one attached hydrogen (secondary N) is 1. The molecule has 0 bridgehead atoms. The van der Waals surface area contributed by atoms with Gasteiger partial charge in [-0.2, -0.15) is 0 Å². The average Bonchev–Trinajstić information content (AvgIpc) is 3.15. The van der Waals surface area contributed by atoms with Gasteiger partial charge in [0.05, 0.1) is 5.56 Å². The Morgan fingerprint density at radius 3 is 2.87 bits per heavy atom. The van der Waals surface area contributed by atoms with E-state index in [1.54, 1.807) is 4.90 Å². The maximum atomic E-state index is 12.4. The van der Waals surface area contributed by atoms with Gasteiger partial charge in [0.25, 0.3) is 5.91 Å². The molecule has 2 heterocycles. The number of likely N-dealkylation sites (tertiary alicyclic amines) is 1. The number of aromatic amines is 1. The van der Waals surface area contributed by atoms with Gasteiger partial charge >= 0.3 is 5.97 Å². The molecule has 6 heteroatoms. The molecule has 2 aromatic rings. The summed E-state index contributed by atoms with van der Waals surface area (Å²) in [5.74, 6) is -0.790. The van der Waals surface area contributed by atoms with Gasteiger partial charge in [0.2, 0.25) is 0 Å². The third-order valence-corrected chi connectivity index (χ3v) is 4.38. The third-order valence-electron chi connectivity index (χ3n) is 4.15. The number of nitrogens with zero attached hydrogens (tertiary/aromatic N) is 1. The molecular weight excluding hydrogens is 316 g/mol. The number of carbonyl (C=O) groups is 2. The summed E-state index contributed by atoms with van der Waals surface area (Å²) in [5.41, 5.74) is 1.60. The Labute approximate surface area is 138 Å². The first-order valence-corrected chi connectivity index (χ1v) is 7.86. The van der Waals surface area contributed by atoms with Crippen LogP contribution in [0.3, 0.4) is 0 Å². The van der Waals surface area contributed by atoms with Crippen LogP contribution < -0.4 is 0 Å². The van der Waals surface area contributed by atoms with E-state index in [4.69, 9.17) is 16.7 Å². The number of rotatable bonds is 4. The number of H-pyrrole nitrogens is 1. The molecule has 0 saturated carbocycles. The van der Waals surface area contributed by atoms with Crippen molar-refractivity contribution in [2.45, 2.75) is 12.8 Å². The standard InChI is InChI=1S/C17H17ClN2O3/c18-14-3-1-2-11(7-14)6-12-4-5-20(10-12)16(21)13-8-15(17(22)23)19-9-13/h1-3,7-9,12,19H,4-6,10H2,(H,22,23). The summed E-state index contributed by atoms with van der Waals surface area (Å²) in [6.45, 7) is 1.37. The lowest BCUT2D eigenvalue weighted by molar-refractivity contribution is 0.0691. The second-order valence-corrected chi connectivity index (χ2v) is 6.28. The molecule has 1 unspecified atom stereocenters. The second-order valence-electron chi connectivity index (χ2n) is 5.85. The van der Waals surface area contributed by atoms with Gasteiger partial charge in [-0.05, 0) is 42.5 Å². The fraction of sp³-hybridized carbons (Fsp3) is 0.294. The van der Waals surface area contributed by atoms with E-state index in [1.165, 1.54) is 17.8 Å². The highest BCUT2D eigenvalue weighted by Crippen LogP contribution is 2.24. The van der Waals surface area contributed by atoms with Crippen LogP contribution in [0.15, 0.2) is 36.5 Å². The summed E-state index contributed by atoms with van der Waals surface area (Å²) in [4.78, 5) is 27.7. The molecule has 0 spiro atoms. The van der Waals surface area contributed by atoms with Gasteiger partial charge < -0.3 is 15.0 Å². The number of halogens is 1. The Morgan fingerprint density at radius 1 is 1.35 bits per heavy atom. The smallest absolute Gasteiger partial charge is 0.352 e. The summed E-state index contributed by atoms with van der Waals surface area (Å²) in [6.07, 6.45) is 3.28. The zero-order chi connectivity index (χ0) is 16.4. The van der Waals surface area contributed by atoms with E-state index in [1.807, 2.05) is 24.3 Å². The van der Waals surface area contributed by atoms with E-state index < -0.39 is 5.97 Å². The van der Waals surface area contributed by atoms with Crippen LogP contribution in [-0.4, -0.2) is 40.0 Å². The van der Waals surface area contributed by atoms with Crippen LogP contribution in [-0.2, 0) is 6.42 Å². The van der Waals surface area contributed by atoms with Gasteiger partial charge in [0.1, 0.15) is 5.69 Å². The molecule has 1 aromatic heterocycles. The van der Waals surface area contributed by atoms with Crippen molar-refractivity contribution in [1.82, 2.24) is 9.88 Å². The summed E-state index contributed by atoms with van der Waals surface area (Å²) in [6, 6.07) is 9.16. The predicted molar refractivity (Wildman–Crippen MR) is 86.9 cm³/mol. The van der Waals surface area contributed by atoms with E-state index in [9.17, 15) is 9.59 Å². The molecule has 120 valence electrons. The van der Waals surface area contributed by atoms with Crippen molar-refractivity contribution < 1.29 is 14.7 Å². The molecule has 1 fully saturated rings. The SMILES string of the molecule is O=C(O)c1cc(C(=O)N2CCC(Cc3cccc(Cl)c3)C2)c[nH]1. The molecule has 1 saturated heterocycles. The third kappa shape index (κ3) is 3.56. The number of aromatic carboxylic acids is 1. The van der Waals surface area contributed by atoms with Crippen molar-refractivity contribution in [3.05, 3.63) is 58.4 Å². The number of hydrogen-bond acceptors (Lipinski definition) is 2. The van der Waals surface area contributed by atoms with Crippen molar-refractivity contribution in [2.75, 3.05) is 13.1 Å². The van der Waals surface area contributed by atoms with Crippen molar-refractivity contribution in [3.63, 3.8) is 0 Å². The normalized spacial score (nSPS) is 17.4. The minimum Gasteiger partial charge on any atom is -0.477 e. The van der Waals surface area contributed by atoms with Crippen molar-refractivity contribution >= 4 is 23.5 Å². The molecule has 1 aliphatic heterocycles. The van der Waals surface area contributed by atoms with Crippen LogP contribution in [0.25, 0.3) is 0 Å². The minimum atomic E-state index is -1.07. The van der Waals surface area contributed by atoms with E-state index in [0.717, 1.165) is 17.9 Å². The highest BCUT2D eigenvalue weighted by atomic mass is 35.5. The topological polar surface area (TPSA) is 73.4 Å². The molecule has 3 rings (SSSR count). The van der Waals surface area contributed by atoms with Gasteiger partial charge in [-0.25, -0.2) is 4.79 Å². The molecule has 1 amide bonds. The van der Waals surface area contributed by atoms with Crippen LogP contribution in [0.2, 0.25) is 5.02 Å². The molecule has 1 atom stereocenters. The zero-order valence-corrected chi connectivity index (χ0v) is 13.2. The molecular formula is C17H17ClN2O3. The first-order chi connectivity index (χ1) is 11.0. The van der Waals surface area contributed by atoms with Crippen LogP contribution in [0.4, 0.5) is 0 Å². The van der Waals surface area contributed by atoms with Crippen LogP contribution in [0.5, 0.6) is 0 Å². The Morgan fingerprint density at radius 2 is 2.17 bits per heavy atom. The van der Waals surface area contributed by atoms with Gasteiger partial charge in [0, 0.05) is 24.3 Å². The maximum absolute atomic E-state index is 12.4. The highest BCUT2D eigenvalue weighted by Gasteiger charge is 2.27. The van der Waals surface area contributed by atoms with Crippen molar-refractivity contribution in [3.8, 4) is 0 Å². The fourth-order valence-electron chi connectivity index (χ4n) is 3.00. The van der Waals surface area contributed by atoms with E-state index in [0.29, 0.717) is 24.6 Å². The van der Waals surface area contributed by atoms with Crippen molar-refractivity contribution in [2.24, 2.45) is 5.92 Å². The lowest BCUT2D eigenvalue weighted by atomic mass is 9.99. The minimum absolute atomic E-state index is 0.0306. The molecule has 5 nitrogen and oxygen atoms in total. The molecule has 1 aliphatic rings. The summed E-state index contributed by atoms with van der Waals surface area (Å²) >= 11 is 6.00. The number of hydrogen-bond donors (Lipinski definition) is 2. The predicted octanol–water partition coefficient (Wildman–Crippen LogP) is 3.07. The number of carboxylic acid groups (broad SMARTS) is 1. The summed E-state index contributed by atoms with van der Waals surface area (Å²) in [5, 5.41) is 9.63. The maximum Gasteiger partial charge on any atom is 0.352 e. The lowest BCUT2D eigenvalue weighted by Gasteiger charge is -2.16. The van der Waals surface area contributed by atoms with E-state index in [-0.39, 0.29) is 11.6 Å². The first-order valence-electron chi connectivity index (χ1n) is 7.48. The fourth-order valence-corrected chi connectivity index (χ4v) is 3.22. The number of aromatic nitrogens is 1. The van der Waals surface area contributed by atoms with Crippen LogP contribution >= 0.6 is 11.6 Å². The summed E-state index contributed by atoms with van der Waals surface area (Å²) in [7, 11) is 0. The molecule has 2 N–H and O–H groups in total. The Bertz CT molecular complexity index is 741. The molecule has 0 radical (unpaired) electrons. The monoisotopic (exact) mass is 332 g/mol. The molecule has 1 aromatic carbocycles. The quantitative estimate of drug-likeness (QED) is 0.903. The second kappa shape index (κ2) is 6.46. The van der Waals surface area contributed by atoms with Crippen LogP contribution in [0.1, 0.15) is 32.8 Å². The molecule has 23 heavy (non-hydrogen) atoms. The Kier molecular flexibility index (Phi) is 4.39. The van der Waals surface area contributed by atoms with E-state index in [2.05, 4.69) is 4.98 Å². The number of amides is 1. The zero-order valence-electron chi connectivity index (χ0n) is 12.5. The highest BCUT2D eigenvalue weighted by molar-refractivity contribution is 6.30. The summed E-state index contributed by atoms with van der Waals surface area (Å²) < 4.78 is 0. The number of carbonyl (C=O) groups excluding carboxylic acids is 1. The number of benzene rings is 1. The largest absolute Gasteiger partial charge is 0.477 e. The Hall–Kier alpha value is -2.27.